The average molecular weight is 290 g/mol. The van der Waals surface area contributed by atoms with E-state index >= 15 is 0 Å². The minimum atomic E-state index is 0.221. The first-order valence-corrected chi connectivity index (χ1v) is 8.46. The molecule has 2 atom stereocenters. The first-order valence-electron chi connectivity index (χ1n) is 7.51. The highest BCUT2D eigenvalue weighted by Crippen LogP contribution is 2.44. The maximum absolute atomic E-state index is 12.7. The van der Waals surface area contributed by atoms with Gasteiger partial charge in [0.2, 0.25) is 0 Å². The Labute approximate surface area is 125 Å². The minimum absolute atomic E-state index is 0.221. The lowest BCUT2D eigenvalue weighted by Crippen LogP contribution is -2.32. The first kappa shape index (κ1) is 14.0. The molecule has 1 aromatic carbocycles. The van der Waals surface area contributed by atoms with Crippen LogP contribution in [0.3, 0.4) is 0 Å². The van der Waals surface area contributed by atoms with Crippen molar-refractivity contribution in [3.8, 4) is 5.75 Å². The van der Waals surface area contributed by atoms with Crippen LogP contribution in [0.5, 0.6) is 5.75 Å². The Kier molecular flexibility index (Phi) is 4.06. The van der Waals surface area contributed by atoms with Crippen LogP contribution in [0.4, 0.5) is 0 Å². The molecule has 108 valence electrons. The standard InChI is InChI=1S/C17H22O2S/c1-11-6-7-12(10-16(11)19-2)17(18)13-8-14-4-3-5-15(9-13)20-14/h6-7,10,13-15H,3-5,8-9H2,1-2H3. The van der Waals surface area contributed by atoms with Gasteiger partial charge in [0, 0.05) is 22.0 Å². The Morgan fingerprint density at radius 2 is 1.95 bits per heavy atom. The fourth-order valence-electron chi connectivity index (χ4n) is 3.48. The number of hydrogen-bond acceptors (Lipinski definition) is 3. The number of rotatable bonds is 3. The topological polar surface area (TPSA) is 26.3 Å². The van der Waals surface area contributed by atoms with Crippen LogP contribution in [0, 0.1) is 12.8 Å². The zero-order valence-electron chi connectivity index (χ0n) is 12.2. The second-order valence-electron chi connectivity index (χ2n) is 6.03. The summed E-state index contributed by atoms with van der Waals surface area (Å²) in [6.45, 7) is 2.01. The Morgan fingerprint density at radius 3 is 2.60 bits per heavy atom. The van der Waals surface area contributed by atoms with Gasteiger partial charge in [-0.2, -0.15) is 11.8 Å². The van der Waals surface area contributed by atoms with Crippen molar-refractivity contribution in [1.29, 1.82) is 0 Å². The molecular weight excluding hydrogens is 268 g/mol. The van der Waals surface area contributed by atoms with E-state index in [2.05, 4.69) is 11.8 Å². The molecule has 2 nitrogen and oxygen atoms in total. The van der Waals surface area contributed by atoms with Crippen LogP contribution < -0.4 is 4.74 Å². The molecule has 0 radical (unpaired) electrons. The van der Waals surface area contributed by atoms with Crippen LogP contribution in [0.2, 0.25) is 0 Å². The second-order valence-corrected chi connectivity index (χ2v) is 7.63. The zero-order chi connectivity index (χ0) is 14.1. The van der Waals surface area contributed by atoms with Gasteiger partial charge >= 0.3 is 0 Å². The van der Waals surface area contributed by atoms with E-state index in [1.807, 2.05) is 25.1 Å². The number of Topliss-reactive ketones (excluding diaryl/α,β-unsaturated/α-hetero) is 1. The molecule has 0 aromatic heterocycles. The zero-order valence-corrected chi connectivity index (χ0v) is 13.0. The molecular formula is C17H22O2S. The minimum Gasteiger partial charge on any atom is -0.496 e. The van der Waals surface area contributed by atoms with E-state index in [0.29, 0.717) is 16.3 Å². The fourth-order valence-corrected chi connectivity index (χ4v) is 5.32. The van der Waals surface area contributed by atoms with E-state index in [-0.39, 0.29) is 5.92 Å². The number of ether oxygens (including phenoxy) is 1. The summed E-state index contributed by atoms with van der Waals surface area (Å²) >= 11 is 2.12. The van der Waals surface area contributed by atoms with Crippen molar-refractivity contribution in [1.82, 2.24) is 0 Å². The molecule has 0 spiro atoms. The molecule has 2 unspecified atom stereocenters. The molecule has 2 fully saturated rings. The van der Waals surface area contributed by atoms with Gasteiger partial charge in [0.25, 0.3) is 0 Å². The maximum Gasteiger partial charge on any atom is 0.166 e. The Morgan fingerprint density at radius 1 is 1.25 bits per heavy atom. The number of thioether (sulfide) groups is 1. The first-order chi connectivity index (χ1) is 9.67. The number of fused-ring (bicyclic) bond motifs is 2. The van der Waals surface area contributed by atoms with Crippen LogP contribution in [-0.4, -0.2) is 23.4 Å². The Balaban J connectivity index is 1.78. The van der Waals surface area contributed by atoms with Crippen molar-refractivity contribution in [2.24, 2.45) is 5.92 Å². The van der Waals surface area contributed by atoms with Crippen LogP contribution >= 0.6 is 11.8 Å². The summed E-state index contributed by atoms with van der Waals surface area (Å²) in [5.41, 5.74) is 1.91. The van der Waals surface area contributed by atoms with Gasteiger partial charge in [0.1, 0.15) is 5.75 Å². The molecule has 2 saturated heterocycles. The number of aryl methyl sites for hydroxylation is 1. The highest BCUT2D eigenvalue weighted by atomic mass is 32.2. The third kappa shape index (κ3) is 2.73. The van der Waals surface area contributed by atoms with Gasteiger partial charge in [-0.15, -0.1) is 0 Å². The number of carbonyl (C=O) groups is 1. The normalized spacial score (nSPS) is 29.0. The number of methoxy groups -OCH3 is 1. The maximum atomic E-state index is 12.7. The molecule has 3 rings (SSSR count). The number of benzene rings is 1. The number of carbonyl (C=O) groups excluding carboxylic acids is 1. The van der Waals surface area contributed by atoms with Gasteiger partial charge in [0.15, 0.2) is 5.78 Å². The Hall–Kier alpha value is -0.960. The van der Waals surface area contributed by atoms with Gasteiger partial charge in [-0.1, -0.05) is 18.6 Å². The average Bonchev–Trinajstić information content (AvgIpc) is 2.46. The monoisotopic (exact) mass is 290 g/mol. The molecule has 20 heavy (non-hydrogen) atoms. The predicted molar refractivity (Wildman–Crippen MR) is 83.8 cm³/mol. The largest absolute Gasteiger partial charge is 0.496 e. The van der Waals surface area contributed by atoms with Crippen molar-refractivity contribution < 1.29 is 9.53 Å². The molecule has 0 aliphatic carbocycles. The van der Waals surface area contributed by atoms with E-state index in [1.54, 1.807) is 7.11 Å². The van der Waals surface area contributed by atoms with Crippen LogP contribution in [0.25, 0.3) is 0 Å². The summed E-state index contributed by atoms with van der Waals surface area (Å²) < 4.78 is 5.34. The molecule has 2 heterocycles. The molecule has 0 N–H and O–H groups in total. The molecule has 0 amide bonds. The van der Waals surface area contributed by atoms with Gasteiger partial charge in [-0.25, -0.2) is 0 Å². The van der Waals surface area contributed by atoms with Crippen LogP contribution in [0.15, 0.2) is 18.2 Å². The molecule has 2 aliphatic rings. The summed E-state index contributed by atoms with van der Waals surface area (Å²) in [4.78, 5) is 12.7. The highest BCUT2D eigenvalue weighted by Gasteiger charge is 2.35. The number of hydrogen-bond donors (Lipinski definition) is 0. The highest BCUT2D eigenvalue weighted by molar-refractivity contribution is 8.00. The van der Waals surface area contributed by atoms with E-state index < -0.39 is 0 Å². The van der Waals surface area contributed by atoms with E-state index in [0.717, 1.165) is 29.7 Å². The number of ketones is 1. The summed E-state index contributed by atoms with van der Waals surface area (Å²) in [6, 6.07) is 5.86. The lowest BCUT2D eigenvalue weighted by molar-refractivity contribution is 0.0896. The van der Waals surface area contributed by atoms with Crippen LogP contribution in [0.1, 0.15) is 48.0 Å². The summed E-state index contributed by atoms with van der Waals surface area (Å²) in [5.74, 6) is 1.36. The smallest absolute Gasteiger partial charge is 0.166 e. The molecule has 3 heteroatoms. The molecule has 2 bridgehead atoms. The van der Waals surface area contributed by atoms with Crippen molar-refractivity contribution in [3.63, 3.8) is 0 Å². The summed E-state index contributed by atoms with van der Waals surface area (Å²) in [6.07, 6.45) is 6.07. The Bertz CT molecular complexity index is 500. The molecule has 2 aliphatic heterocycles. The van der Waals surface area contributed by atoms with Crippen molar-refractivity contribution in [3.05, 3.63) is 29.3 Å². The van der Waals surface area contributed by atoms with Gasteiger partial charge in [0.05, 0.1) is 7.11 Å². The molecule has 1 aromatic rings. The fraction of sp³-hybridized carbons (Fsp3) is 0.588. The summed E-state index contributed by atoms with van der Waals surface area (Å²) in [5, 5.41) is 1.42. The van der Waals surface area contributed by atoms with Crippen LogP contribution in [-0.2, 0) is 0 Å². The van der Waals surface area contributed by atoms with Crippen molar-refractivity contribution in [2.75, 3.05) is 7.11 Å². The summed E-state index contributed by atoms with van der Waals surface area (Å²) in [7, 11) is 1.66. The SMILES string of the molecule is COc1cc(C(=O)C2CC3CCCC(C2)S3)ccc1C. The third-order valence-electron chi connectivity index (χ3n) is 4.60. The van der Waals surface area contributed by atoms with Crippen molar-refractivity contribution in [2.45, 2.75) is 49.5 Å². The van der Waals surface area contributed by atoms with Gasteiger partial charge in [-0.3, -0.25) is 4.79 Å². The van der Waals surface area contributed by atoms with E-state index in [4.69, 9.17) is 4.74 Å². The van der Waals surface area contributed by atoms with E-state index in [9.17, 15) is 4.79 Å². The lowest BCUT2D eigenvalue weighted by Gasteiger charge is -2.38. The van der Waals surface area contributed by atoms with Gasteiger partial charge in [-0.05, 0) is 44.2 Å². The van der Waals surface area contributed by atoms with Crippen molar-refractivity contribution >= 4 is 17.5 Å². The predicted octanol–water partition coefficient (Wildman–Crippen LogP) is 4.25. The van der Waals surface area contributed by atoms with Gasteiger partial charge < -0.3 is 4.74 Å². The second kappa shape index (κ2) is 5.80. The quantitative estimate of drug-likeness (QED) is 0.778. The third-order valence-corrected chi connectivity index (χ3v) is 6.22. The lowest BCUT2D eigenvalue weighted by atomic mass is 9.84. The molecule has 0 saturated carbocycles. The van der Waals surface area contributed by atoms with E-state index in [1.165, 1.54) is 19.3 Å².